The van der Waals surface area contributed by atoms with Crippen LogP contribution in [-0.4, -0.2) is 68.5 Å². The number of benzene rings is 1. The molecule has 2 heterocycles. The van der Waals surface area contributed by atoms with Gasteiger partial charge in [-0.05, 0) is 51.0 Å². The molecule has 0 bridgehead atoms. The highest BCUT2D eigenvalue weighted by atomic mass is 32.2. The lowest BCUT2D eigenvalue weighted by Gasteiger charge is -2.22. The number of aromatic nitrogens is 2. The zero-order valence-corrected chi connectivity index (χ0v) is 19.5. The van der Waals surface area contributed by atoms with Crippen molar-refractivity contribution in [1.82, 2.24) is 18.4 Å². The Morgan fingerprint density at radius 2 is 1.53 bits per heavy atom. The molecule has 0 unspecified atom stereocenters. The number of hydrogen-bond acceptors (Lipinski definition) is 6. The van der Waals surface area contributed by atoms with Crippen molar-refractivity contribution in [3.05, 3.63) is 35.2 Å². The summed E-state index contributed by atoms with van der Waals surface area (Å²) in [5, 5.41) is 4.21. The molecule has 2 aromatic rings. The third kappa shape index (κ3) is 3.98. The van der Waals surface area contributed by atoms with Crippen LogP contribution in [0.1, 0.15) is 23.4 Å². The predicted octanol–water partition coefficient (Wildman–Crippen LogP) is 1.44. The van der Waals surface area contributed by atoms with E-state index in [0.29, 0.717) is 23.6 Å². The second kappa shape index (κ2) is 8.29. The van der Waals surface area contributed by atoms with Crippen LogP contribution in [0.5, 0.6) is 5.75 Å². The zero-order chi connectivity index (χ0) is 22.3. The van der Waals surface area contributed by atoms with Crippen LogP contribution in [0.15, 0.2) is 28.0 Å². The van der Waals surface area contributed by atoms with Crippen molar-refractivity contribution in [2.24, 2.45) is 7.05 Å². The average Bonchev–Trinajstić information content (AvgIpc) is 2.86. The normalized spacial score (nSPS) is 17.1. The van der Waals surface area contributed by atoms with Gasteiger partial charge in [0.25, 0.3) is 0 Å². The van der Waals surface area contributed by atoms with Crippen LogP contribution in [-0.2, 0) is 27.1 Å². The van der Waals surface area contributed by atoms with Gasteiger partial charge in [-0.1, -0.05) is 0 Å². The van der Waals surface area contributed by atoms with Crippen LogP contribution in [0, 0.1) is 20.8 Å². The van der Waals surface area contributed by atoms with Crippen molar-refractivity contribution in [3.8, 4) is 5.75 Å². The third-order valence-electron chi connectivity index (χ3n) is 5.46. The first-order chi connectivity index (χ1) is 14.0. The topological polar surface area (TPSA) is 102 Å². The second-order valence-corrected chi connectivity index (χ2v) is 11.2. The first kappa shape index (κ1) is 22.7. The van der Waals surface area contributed by atoms with E-state index in [4.69, 9.17) is 4.74 Å². The van der Waals surface area contributed by atoms with Crippen LogP contribution in [0.3, 0.4) is 0 Å². The largest absolute Gasteiger partial charge is 0.496 e. The van der Waals surface area contributed by atoms with Crippen molar-refractivity contribution in [3.63, 3.8) is 0 Å². The van der Waals surface area contributed by atoms with E-state index in [9.17, 15) is 16.8 Å². The summed E-state index contributed by atoms with van der Waals surface area (Å²) >= 11 is 0. The van der Waals surface area contributed by atoms with Gasteiger partial charge in [0.15, 0.2) is 0 Å². The Morgan fingerprint density at radius 1 is 0.933 bits per heavy atom. The molecule has 0 radical (unpaired) electrons. The van der Waals surface area contributed by atoms with E-state index in [2.05, 4.69) is 5.10 Å². The minimum absolute atomic E-state index is 0.0878. The van der Waals surface area contributed by atoms with E-state index in [1.54, 1.807) is 44.6 Å². The minimum Gasteiger partial charge on any atom is -0.496 e. The molecule has 166 valence electrons. The van der Waals surface area contributed by atoms with Gasteiger partial charge >= 0.3 is 0 Å². The number of sulfonamides is 2. The molecule has 0 saturated carbocycles. The van der Waals surface area contributed by atoms with E-state index >= 15 is 0 Å². The van der Waals surface area contributed by atoms with Gasteiger partial charge < -0.3 is 4.74 Å². The van der Waals surface area contributed by atoms with Crippen LogP contribution < -0.4 is 4.74 Å². The summed E-state index contributed by atoms with van der Waals surface area (Å²) in [6, 6.07) is 4.73. The van der Waals surface area contributed by atoms with Gasteiger partial charge in [-0.15, -0.1) is 0 Å². The highest BCUT2D eigenvalue weighted by Gasteiger charge is 2.34. The molecule has 1 saturated heterocycles. The Hall–Kier alpha value is -1.95. The molecule has 1 fully saturated rings. The SMILES string of the molecule is COc1ccc(S(=O)(=O)N2CCCN(S(=O)(=O)c3c(C)nn(C)c3C)CC2)cc1C. The highest BCUT2D eigenvalue weighted by Crippen LogP contribution is 2.27. The van der Waals surface area contributed by atoms with Gasteiger partial charge in [-0.3, -0.25) is 4.68 Å². The van der Waals surface area contributed by atoms with Crippen LogP contribution in [0.4, 0.5) is 0 Å². The monoisotopic (exact) mass is 456 g/mol. The number of methoxy groups -OCH3 is 1. The Kier molecular flexibility index (Phi) is 6.28. The Morgan fingerprint density at radius 3 is 2.03 bits per heavy atom. The fourth-order valence-corrected chi connectivity index (χ4v) is 7.19. The van der Waals surface area contributed by atoms with Crippen molar-refractivity contribution in [2.45, 2.75) is 37.0 Å². The lowest BCUT2D eigenvalue weighted by molar-refractivity contribution is 0.403. The van der Waals surface area contributed by atoms with E-state index < -0.39 is 20.0 Å². The van der Waals surface area contributed by atoms with Gasteiger partial charge in [-0.2, -0.15) is 13.7 Å². The summed E-state index contributed by atoms with van der Waals surface area (Å²) in [6.07, 6.45) is 0.409. The lowest BCUT2D eigenvalue weighted by atomic mass is 10.2. The summed E-state index contributed by atoms with van der Waals surface area (Å²) in [5.41, 5.74) is 1.73. The maximum Gasteiger partial charge on any atom is 0.246 e. The fourth-order valence-electron chi connectivity index (χ4n) is 3.77. The molecule has 0 spiro atoms. The summed E-state index contributed by atoms with van der Waals surface area (Å²) in [6.45, 7) is 5.85. The maximum absolute atomic E-state index is 13.2. The Balaban J connectivity index is 1.85. The molecule has 0 N–H and O–H groups in total. The van der Waals surface area contributed by atoms with Gasteiger partial charge in [0.05, 0.1) is 23.4 Å². The predicted molar refractivity (Wildman–Crippen MR) is 113 cm³/mol. The Labute approximate surface area is 178 Å². The minimum atomic E-state index is -3.76. The smallest absolute Gasteiger partial charge is 0.246 e. The molecule has 0 aliphatic carbocycles. The van der Waals surface area contributed by atoms with Crippen molar-refractivity contribution >= 4 is 20.0 Å². The lowest BCUT2D eigenvalue weighted by Crippen LogP contribution is -2.37. The summed E-state index contributed by atoms with van der Waals surface area (Å²) in [5.74, 6) is 0.615. The molecule has 3 rings (SSSR count). The average molecular weight is 457 g/mol. The van der Waals surface area contributed by atoms with Crippen LogP contribution in [0.25, 0.3) is 0 Å². The molecular formula is C19H28N4O5S2. The van der Waals surface area contributed by atoms with Gasteiger partial charge in [0, 0.05) is 33.2 Å². The number of ether oxygens (including phenoxy) is 1. The number of hydrogen-bond donors (Lipinski definition) is 0. The number of aryl methyl sites for hydroxylation is 3. The first-order valence-electron chi connectivity index (χ1n) is 9.65. The molecule has 1 aromatic carbocycles. The molecule has 30 heavy (non-hydrogen) atoms. The molecule has 1 aromatic heterocycles. The summed E-state index contributed by atoms with van der Waals surface area (Å²) < 4.78 is 62.2. The highest BCUT2D eigenvalue weighted by molar-refractivity contribution is 7.89. The Bertz CT molecular complexity index is 1160. The molecule has 0 atom stereocenters. The van der Waals surface area contributed by atoms with E-state index in [-0.39, 0.29) is 36.0 Å². The molecule has 11 heteroatoms. The molecule has 1 aliphatic heterocycles. The third-order valence-corrected chi connectivity index (χ3v) is 9.50. The molecule has 0 amide bonds. The van der Waals surface area contributed by atoms with E-state index in [1.165, 1.54) is 21.8 Å². The van der Waals surface area contributed by atoms with Gasteiger partial charge in [0.1, 0.15) is 10.6 Å². The quantitative estimate of drug-likeness (QED) is 0.675. The standard InChI is InChI=1S/C19H28N4O5S2/c1-14-13-17(7-8-18(14)28-5)29(24,25)22-9-6-10-23(12-11-22)30(26,27)19-15(2)20-21(4)16(19)3/h7-8,13H,6,9-12H2,1-5H3. The maximum atomic E-state index is 13.2. The van der Waals surface area contributed by atoms with Crippen molar-refractivity contribution in [2.75, 3.05) is 33.3 Å². The first-order valence-corrected chi connectivity index (χ1v) is 12.5. The second-order valence-electron chi connectivity index (χ2n) is 7.42. The van der Waals surface area contributed by atoms with Crippen molar-refractivity contribution in [1.29, 1.82) is 0 Å². The van der Waals surface area contributed by atoms with Gasteiger partial charge in [0.2, 0.25) is 20.0 Å². The van der Waals surface area contributed by atoms with E-state index in [1.807, 2.05) is 0 Å². The summed E-state index contributed by atoms with van der Waals surface area (Å²) in [7, 11) is -4.26. The van der Waals surface area contributed by atoms with Crippen LogP contribution >= 0.6 is 0 Å². The van der Waals surface area contributed by atoms with Crippen LogP contribution in [0.2, 0.25) is 0 Å². The summed E-state index contributed by atoms with van der Waals surface area (Å²) in [4.78, 5) is 0.378. The molecular weight excluding hydrogens is 428 g/mol. The molecule has 9 nitrogen and oxygen atoms in total. The van der Waals surface area contributed by atoms with Crippen molar-refractivity contribution < 1.29 is 21.6 Å². The van der Waals surface area contributed by atoms with E-state index in [0.717, 1.165) is 5.56 Å². The zero-order valence-electron chi connectivity index (χ0n) is 17.9. The van der Waals surface area contributed by atoms with Gasteiger partial charge in [-0.25, -0.2) is 16.8 Å². The fraction of sp³-hybridized carbons (Fsp3) is 0.526. The number of rotatable bonds is 5. The molecule has 1 aliphatic rings. The number of nitrogens with zero attached hydrogens (tertiary/aromatic N) is 4.